The molecule has 0 bridgehead atoms. The Hall–Kier alpha value is -1.47. The molecule has 1 aliphatic carbocycles. The van der Waals surface area contributed by atoms with E-state index in [2.05, 4.69) is 5.32 Å². The van der Waals surface area contributed by atoms with E-state index in [4.69, 9.17) is 0 Å². The summed E-state index contributed by atoms with van der Waals surface area (Å²) >= 11 is 0. The average Bonchev–Trinajstić information content (AvgIpc) is 3.15. The first-order valence-electron chi connectivity index (χ1n) is 7.86. The number of benzene rings is 1. The van der Waals surface area contributed by atoms with Crippen LogP contribution in [0, 0.1) is 17.2 Å². The van der Waals surface area contributed by atoms with Gasteiger partial charge in [0.15, 0.2) is 0 Å². The normalized spacial score (nSPS) is 24.2. The molecule has 1 spiro atoms. The molecule has 1 N–H and O–H groups in total. The van der Waals surface area contributed by atoms with Gasteiger partial charge in [0.1, 0.15) is 5.82 Å². The van der Waals surface area contributed by atoms with E-state index >= 15 is 0 Å². The third kappa shape index (κ3) is 2.76. The number of nitrogens with zero attached hydrogens (tertiary/aromatic N) is 1. The number of halogens is 1. The van der Waals surface area contributed by atoms with Crippen molar-refractivity contribution in [2.75, 3.05) is 20.1 Å². The summed E-state index contributed by atoms with van der Waals surface area (Å²) in [6, 6.07) is 4.84. The maximum Gasteiger partial charge on any atom is 0.243 e. The van der Waals surface area contributed by atoms with Crippen molar-refractivity contribution in [1.82, 2.24) is 9.62 Å². The van der Waals surface area contributed by atoms with Crippen LogP contribution in [-0.4, -0.2) is 38.8 Å². The second kappa shape index (κ2) is 5.87. The molecule has 5 nitrogen and oxygen atoms in total. The Kier molecular flexibility index (Phi) is 4.18. The Morgan fingerprint density at radius 3 is 2.43 bits per heavy atom. The molecular formula is C16H21FN2O3S. The van der Waals surface area contributed by atoms with Gasteiger partial charge in [-0.25, -0.2) is 12.8 Å². The fourth-order valence-electron chi connectivity index (χ4n) is 3.98. The van der Waals surface area contributed by atoms with Crippen LogP contribution in [0.5, 0.6) is 0 Å². The van der Waals surface area contributed by atoms with E-state index in [0.717, 1.165) is 37.8 Å². The predicted octanol–water partition coefficient (Wildman–Crippen LogP) is 1.75. The van der Waals surface area contributed by atoms with Crippen LogP contribution < -0.4 is 5.32 Å². The number of rotatable bonds is 3. The highest BCUT2D eigenvalue weighted by molar-refractivity contribution is 7.89. The van der Waals surface area contributed by atoms with Crippen LogP contribution in [0.1, 0.15) is 25.7 Å². The lowest BCUT2D eigenvalue weighted by atomic mass is 9.76. The topological polar surface area (TPSA) is 66.5 Å². The SMILES string of the molecule is CNC(=O)[C@@H]1CN(S(=O)(=O)c2ccc(F)cc2)CC12CCCC2. The Bertz CT molecular complexity index is 697. The van der Waals surface area contributed by atoms with Crippen molar-refractivity contribution in [3.05, 3.63) is 30.1 Å². The van der Waals surface area contributed by atoms with Crippen LogP contribution in [0.2, 0.25) is 0 Å². The molecule has 7 heteroatoms. The van der Waals surface area contributed by atoms with Crippen LogP contribution in [0.15, 0.2) is 29.2 Å². The van der Waals surface area contributed by atoms with Gasteiger partial charge in [-0.05, 0) is 42.5 Å². The minimum absolute atomic E-state index is 0.0737. The minimum Gasteiger partial charge on any atom is -0.359 e. The second-order valence-electron chi connectivity index (χ2n) is 6.49. The van der Waals surface area contributed by atoms with E-state index in [-0.39, 0.29) is 28.7 Å². The molecule has 0 unspecified atom stereocenters. The van der Waals surface area contributed by atoms with Crippen LogP contribution in [-0.2, 0) is 14.8 Å². The maximum absolute atomic E-state index is 13.0. The van der Waals surface area contributed by atoms with Crippen molar-refractivity contribution >= 4 is 15.9 Å². The highest BCUT2D eigenvalue weighted by atomic mass is 32.2. The first kappa shape index (κ1) is 16.4. The predicted molar refractivity (Wildman–Crippen MR) is 83.6 cm³/mol. The number of carbonyl (C=O) groups excluding carboxylic acids is 1. The van der Waals surface area contributed by atoms with E-state index in [9.17, 15) is 17.6 Å². The van der Waals surface area contributed by atoms with Crippen molar-refractivity contribution in [1.29, 1.82) is 0 Å². The van der Waals surface area contributed by atoms with Crippen molar-refractivity contribution in [3.63, 3.8) is 0 Å². The van der Waals surface area contributed by atoms with Crippen LogP contribution in [0.4, 0.5) is 4.39 Å². The largest absolute Gasteiger partial charge is 0.359 e. The van der Waals surface area contributed by atoms with Gasteiger partial charge in [-0.1, -0.05) is 12.8 Å². The third-order valence-corrected chi connectivity index (χ3v) is 7.06. The molecule has 0 aromatic heterocycles. The zero-order valence-electron chi connectivity index (χ0n) is 13.1. The van der Waals surface area contributed by atoms with E-state index in [1.54, 1.807) is 7.05 Å². The van der Waals surface area contributed by atoms with Crippen molar-refractivity contribution in [3.8, 4) is 0 Å². The first-order chi connectivity index (χ1) is 10.9. The zero-order chi connectivity index (χ0) is 16.7. The standard InChI is InChI=1S/C16H21FN2O3S/c1-18-15(20)14-10-19(11-16(14)8-2-3-9-16)23(21,22)13-6-4-12(17)5-7-13/h4-7,14H,2-3,8-11H2,1H3,(H,18,20)/t14-/m0/s1. The lowest BCUT2D eigenvalue weighted by Crippen LogP contribution is -2.38. The summed E-state index contributed by atoms with van der Waals surface area (Å²) in [5.74, 6) is -0.880. The van der Waals surface area contributed by atoms with E-state index in [1.807, 2.05) is 0 Å². The summed E-state index contributed by atoms with van der Waals surface area (Å²) in [6.07, 6.45) is 3.80. The summed E-state index contributed by atoms with van der Waals surface area (Å²) < 4.78 is 40.1. The first-order valence-corrected chi connectivity index (χ1v) is 9.30. The van der Waals surface area contributed by atoms with Gasteiger partial charge >= 0.3 is 0 Å². The molecule has 2 fully saturated rings. The molecule has 1 aliphatic heterocycles. The Balaban J connectivity index is 1.92. The van der Waals surface area contributed by atoms with Gasteiger partial charge in [-0.2, -0.15) is 4.31 Å². The number of amides is 1. The summed E-state index contributed by atoms with van der Waals surface area (Å²) in [4.78, 5) is 12.3. The molecular weight excluding hydrogens is 319 g/mol. The van der Waals surface area contributed by atoms with Crippen LogP contribution >= 0.6 is 0 Å². The number of hydrogen-bond donors (Lipinski definition) is 1. The molecule has 1 aromatic carbocycles. The lowest BCUT2D eigenvalue weighted by Gasteiger charge is -2.28. The number of nitrogens with one attached hydrogen (secondary N) is 1. The van der Waals surface area contributed by atoms with Crippen molar-refractivity contribution in [2.45, 2.75) is 30.6 Å². The maximum atomic E-state index is 13.0. The number of carbonyl (C=O) groups is 1. The molecule has 23 heavy (non-hydrogen) atoms. The minimum atomic E-state index is -3.71. The van der Waals surface area contributed by atoms with Gasteiger partial charge in [0.25, 0.3) is 0 Å². The fraction of sp³-hybridized carbons (Fsp3) is 0.562. The molecule has 1 saturated carbocycles. The molecule has 2 aliphatic rings. The quantitative estimate of drug-likeness (QED) is 0.912. The van der Waals surface area contributed by atoms with Gasteiger partial charge in [-0.15, -0.1) is 0 Å². The van der Waals surface area contributed by atoms with Gasteiger partial charge < -0.3 is 5.32 Å². The lowest BCUT2D eigenvalue weighted by molar-refractivity contribution is -0.127. The summed E-state index contributed by atoms with van der Waals surface area (Å²) in [5.41, 5.74) is -0.257. The molecule has 1 aromatic rings. The van der Waals surface area contributed by atoms with Crippen molar-refractivity contribution < 1.29 is 17.6 Å². The Morgan fingerprint density at radius 1 is 1.26 bits per heavy atom. The highest BCUT2D eigenvalue weighted by Gasteiger charge is 2.53. The molecule has 1 heterocycles. The molecule has 126 valence electrons. The molecule has 1 saturated heterocycles. The summed E-state index contributed by atoms with van der Waals surface area (Å²) in [5, 5.41) is 2.67. The van der Waals surface area contributed by atoms with Crippen LogP contribution in [0.25, 0.3) is 0 Å². The van der Waals surface area contributed by atoms with E-state index in [0.29, 0.717) is 6.54 Å². The van der Waals surface area contributed by atoms with E-state index in [1.165, 1.54) is 16.4 Å². The van der Waals surface area contributed by atoms with Gasteiger partial charge in [-0.3, -0.25) is 4.79 Å². The zero-order valence-corrected chi connectivity index (χ0v) is 13.9. The molecule has 0 radical (unpaired) electrons. The number of hydrogen-bond acceptors (Lipinski definition) is 3. The smallest absolute Gasteiger partial charge is 0.243 e. The van der Waals surface area contributed by atoms with Gasteiger partial charge in [0, 0.05) is 20.1 Å². The third-order valence-electron chi connectivity index (χ3n) is 5.23. The van der Waals surface area contributed by atoms with Gasteiger partial charge in [0.05, 0.1) is 10.8 Å². The summed E-state index contributed by atoms with van der Waals surface area (Å²) in [7, 11) is -2.12. The second-order valence-corrected chi connectivity index (χ2v) is 8.43. The van der Waals surface area contributed by atoms with Crippen LogP contribution in [0.3, 0.4) is 0 Å². The highest BCUT2D eigenvalue weighted by Crippen LogP contribution is 2.50. The fourth-order valence-corrected chi connectivity index (χ4v) is 5.53. The summed E-state index contributed by atoms with van der Waals surface area (Å²) in [6.45, 7) is 0.560. The Morgan fingerprint density at radius 2 is 1.87 bits per heavy atom. The molecule has 1 amide bonds. The average molecular weight is 340 g/mol. The monoisotopic (exact) mass is 340 g/mol. The molecule has 1 atom stereocenters. The Labute approximate surface area is 135 Å². The molecule has 3 rings (SSSR count). The van der Waals surface area contributed by atoms with E-state index < -0.39 is 15.8 Å². The van der Waals surface area contributed by atoms with Crippen molar-refractivity contribution in [2.24, 2.45) is 11.3 Å². The number of sulfonamides is 1. The van der Waals surface area contributed by atoms with Gasteiger partial charge in [0.2, 0.25) is 15.9 Å².